The Bertz CT molecular complexity index is 1020. The summed E-state index contributed by atoms with van der Waals surface area (Å²) >= 11 is 0. The molecular formula is C19H19F3N4O4. The van der Waals surface area contributed by atoms with Gasteiger partial charge in [0.15, 0.2) is 0 Å². The van der Waals surface area contributed by atoms with Crippen LogP contribution in [0.4, 0.5) is 23.8 Å². The van der Waals surface area contributed by atoms with Crippen molar-refractivity contribution in [2.75, 3.05) is 18.0 Å². The van der Waals surface area contributed by atoms with Crippen molar-refractivity contribution in [3.05, 3.63) is 29.5 Å². The number of amides is 2. The van der Waals surface area contributed by atoms with E-state index >= 15 is 0 Å². The zero-order valence-corrected chi connectivity index (χ0v) is 16.1. The first-order valence-electron chi connectivity index (χ1n) is 9.27. The topological polar surface area (TPSA) is 107 Å². The van der Waals surface area contributed by atoms with E-state index in [0.29, 0.717) is 5.39 Å². The van der Waals surface area contributed by atoms with Crippen molar-refractivity contribution >= 4 is 28.6 Å². The van der Waals surface area contributed by atoms with Gasteiger partial charge in [-0.25, -0.2) is 9.78 Å². The zero-order valence-electron chi connectivity index (χ0n) is 16.1. The highest BCUT2D eigenvalue weighted by Gasteiger charge is 2.43. The largest absolute Gasteiger partial charge is 0.490 e. The van der Waals surface area contributed by atoms with Gasteiger partial charge in [0.05, 0.1) is 24.3 Å². The second-order valence-electron chi connectivity index (χ2n) is 7.53. The molecule has 2 amide bonds. The summed E-state index contributed by atoms with van der Waals surface area (Å²) in [6.07, 6.45) is -6.02. The number of anilines is 1. The maximum atomic E-state index is 13.5. The Labute approximate surface area is 169 Å². The number of halogens is 3. The van der Waals surface area contributed by atoms with Gasteiger partial charge in [-0.1, -0.05) is 0 Å². The van der Waals surface area contributed by atoms with Crippen LogP contribution in [0, 0.1) is 0 Å². The number of rotatable bonds is 4. The van der Waals surface area contributed by atoms with Crippen LogP contribution in [0.1, 0.15) is 29.9 Å². The van der Waals surface area contributed by atoms with Crippen molar-refractivity contribution in [1.29, 1.82) is 0 Å². The van der Waals surface area contributed by atoms with Gasteiger partial charge in [0.1, 0.15) is 23.4 Å². The highest BCUT2D eigenvalue weighted by Crippen LogP contribution is 2.38. The van der Waals surface area contributed by atoms with Gasteiger partial charge in [0.25, 0.3) is 5.91 Å². The number of carbonyl (C=O) groups excluding carboxylic acids is 2. The number of aromatic nitrogens is 1. The van der Waals surface area contributed by atoms with Crippen molar-refractivity contribution < 1.29 is 32.2 Å². The lowest BCUT2D eigenvalue weighted by molar-refractivity contribution is -0.141. The van der Waals surface area contributed by atoms with Crippen LogP contribution in [0.25, 0.3) is 10.8 Å². The molecule has 0 spiro atoms. The Morgan fingerprint density at radius 3 is 2.67 bits per heavy atom. The number of carbonyl (C=O) groups is 2. The summed E-state index contributed by atoms with van der Waals surface area (Å²) in [5.41, 5.74) is 4.30. The number of fused-ring (bicyclic) bond motifs is 2. The van der Waals surface area contributed by atoms with Crippen molar-refractivity contribution in [2.24, 2.45) is 5.73 Å². The molecule has 2 aromatic rings. The molecule has 2 aliphatic heterocycles. The molecule has 30 heavy (non-hydrogen) atoms. The normalized spacial score (nSPS) is 21.0. The van der Waals surface area contributed by atoms with E-state index < -0.39 is 30.0 Å². The summed E-state index contributed by atoms with van der Waals surface area (Å²) in [7, 11) is 0. The number of ether oxygens (including phenoxy) is 2. The van der Waals surface area contributed by atoms with Crippen LogP contribution in [-0.2, 0) is 10.9 Å². The van der Waals surface area contributed by atoms with Crippen molar-refractivity contribution in [2.45, 2.75) is 38.3 Å². The van der Waals surface area contributed by atoms with E-state index in [4.69, 9.17) is 15.2 Å². The van der Waals surface area contributed by atoms with E-state index in [-0.39, 0.29) is 47.8 Å². The molecule has 2 fully saturated rings. The Morgan fingerprint density at radius 1 is 1.33 bits per heavy atom. The zero-order chi connectivity index (χ0) is 21.8. The minimum absolute atomic E-state index is 0.0182. The number of nitrogens with one attached hydrogen (secondary N) is 1. The molecule has 0 bridgehead atoms. The lowest BCUT2D eigenvalue weighted by Crippen LogP contribution is -2.33. The molecule has 1 aromatic carbocycles. The third-order valence-corrected chi connectivity index (χ3v) is 4.96. The lowest BCUT2D eigenvalue weighted by Gasteiger charge is -2.23. The third-order valence-electron chi connectivity index (χ3n) is 4.96. The molecule has 2 saturated heterocycles. The standard InChI is InChI=1S/C19H19F3N4O4/c1-8(2)29-13-5-10-9(3-11(13)16(23)27)4-15(19(20,21)22)25-17(10)26-6-12-14(7-26)30-18(28)24-12/h3-5,8,12,14H,6-7H2,1-2H3,(H2,23,27)(H,24,28)/t12-,14+/m1/s1. The van der Waals surface area contributed by atoms with Crippen LogP contribution < -0.4 is 20.7 Å². The molecule has 3 N–H and O–H groups in total. The molecule has 0 saturated carbocycles. The first-order valence-corrected chi connectivity index (χ1v) is 9.27. The number of nitrogens with zero attached hydrogens (tertiary/aromatic N) is 2. The van der Waals surface area contributed by atoms with E-state index in [9.17, 15) is 22.8 Å². The van der Waals surface area contributed by atoms with Crippen LogP contribution in [0.3, 0.4) is 0 Å². The molecule has 0 radical (unpaired) electrons. The van der Waals surface area contributed by atoms with Gasteiger partial charge in [-0.3, -0.25) is 4.79 Å². The van der Waals surface area contributed by atoms with Crippen LogP contribution in [0.2, 0.25) is 0 Å². The van der Waals surface area contributed by atoms with Gasteiger partial charge in [-0.15, -0.1) is 0 Å². The summed E-state index contributed by atoms with van der Waals surface area (Å²) < 4.78 is 51.3. The average molecular weight is 424 g/mol. The predicted molar refractivity (Wildman–Crippen MR) is 100 cm³/mol. The summed E-state index contributed by atoms with van der Waals surface area (Å²) in [5.74, 6) is -0.584. The Morgan fingerprint density at radius 2 is 2.07 bits per heavy atom. The number of pyridine rings is 1. The molecule has 0 unspecified atom stereocenters. The van der Waals surface area contributed by atoms with Crippen LogP contribution in [0.15, 0.2) is 18.2 Å². The average Bonchev–Trinajstić information content (AvgIpc) is 3.16. The van der Waals surface area contributed by atoms with E-state index in [0.717, 1.165) is 6.07 Å². The number of primary amides is 1. The molecule has 2 aliphatic rings. The van der Waals surface area contributed by atoms with Crippen LogP contribution in [-0.4, -0.2) is 48.3 Å². The van der Waals surface area contributed by atoms with Crippen molar-refractivity contribution in [1.82, 2.24) is 10.3 Å². The quantitative estimate of drug-likeness (QED) is 0.781. The lowest BCUT2D eigenvalue weighted by atomic mass is 10.0. The summed E-state index contributed by atoms with van der Waals surface area (Å²) in [5, 5.41) is 3.15. The van der Waals surface area contributed by atoms with Gasteiger partial charge < -0.3 is 25.4 Å². The number of alkyl carbamates (subject to hydrolysis) is 1. The van der Waals surface area contributed by atoms with Gasteiger partial charge >= 0.3 is 12.3 Å². The Hall–Kier alpha value is -3.24. The van der Waals surface area contributed by atoms with Gasteiger partial charge in [0.2, 0.25) is 0 Å². The van der Waals surface area contributed by atoms with Gasteiger partial charge in [-0.05, 0) is 37.4 Å². The molecule has 4 rings (SSSR count). The molecule has 11 heteroatoms. The van der Waals surface area contributed by atoms with E-state index in [1.807, 2.05) is 0 Å². The minimum Gasteiger partial charge on any atom is -0.490 e. The first-order chi connectivity index (χ1) is 14.0. The SMILES string of the molecule is CC(C)Oc1cc2c(N3C[C@@H]4OC(=O)N[C@@H]4C3)nc(C(F)(F)F)cc2cc1C(N)=O. The summed E-state index contributed by atoms with van der Waals surface area (Å²) in [6.45, 7) is 3.92. The van der Waals surface area contributed by atoms with Gasteiger partial charge in [-0.2, -0.15) is 13.2 Å². The second kappa shape index (κ2) is 6.92. The fourth-order valence-corrected chi connectivity index (χ4v) is 3.72. The number of alkyl halides is 3. The maximum Gasteiger partial charge on any atom is 0.433 e. The van der Waals surface area contributed by atoms with E-state index in [1.54, 1.807) is 18.7 Å². The monoisotopic (exact) mass is 424 g/mol. The van der Waals surface area contributed by atoms with E-state index in [2.05, 4.69) is 10.3 Å². The van der Waals surface area contributed by atoms with Crippen molar-refractivity contribution in [3.63, 3.8) is 0 Å². The van der Waals surface area contributed by atoms with Crippen molar-refractivity contribution in [3.8, 4) is 5.75 Å². The summed E-state index contributed by atoms with van der Waals surface area (Å²) in [4.78, 5) is 28.7. The fraction of sp³-hybridized carbons (Fsp3) is 0.421. The molecule has 2 atom stereocenters. The molecule has 0 aliphatic carbocycles. The molecule has 160 valence electrons. The number of hydrogen-bond acceptors (Lipinski definition) is 6. The first kappa shape index (κ1) is 20.0. The number of nitrogens with two attached hydrogens (primary N) is 1. The highest BCUT2D eigenvalue weighted by atomic mass is 19.4. The Balaban J connectivity index is 1.88. The third kappa shape index (κ3) is 3.55. The van der Waals surface area contributed by atoms with Gasteiger partial charge in [0, 0.05) is 11.9 Å². The second-order valence-corrected chi connectivity index (χ2v) is 7.53. The molecule has 3 heterocycles. The molecular weight excluding hydrogens is 405 g/mol. The van der Waals surface area contributed by atoms with Crippen LogP contribution in [0.5, 0.6) is 5.75 Å². The number of hydrogen-bond donors (Lipinski definition) is 2. The minimum atomic E-state index is -4.69. The predicted octanol–water partition coefficient (Wildman–Crippen LogP) is 2.44. The highest BCUT2D eigenvalue weighted by molar-refractivity contribution is 6.03. The number of benzene rings is 1. The van der Waals surface area contributed by atoms with E-state index in [1.165, 1.54) is 12.1 Å². The summed E-state index contributed by atoms with van der Waals surface area (Å²) in [6, 6.07) is 3.29. The molecule has 1 aromatic heterocycles. The smallest absolute Gasteiger partial charge is 0.433 e. The molecule has 8 nitrogen and oxygen atoms in total. The fourth-order valence-electron chi connectivity index (χ4n) is 3.72. The Kier molecular flexibility index (Phi) is 4.63. The van der Waals surface area contributed by atoms with Crippen LogP contribution >= 0.6 is 0 Å². The maximum absolute atomic E-state index is 13.5.